The average molecular weight is 330 g/mol. The van der Waals surface area contributed by atoms with Crippen molar-refractivity contribution in [3.8, 4) is 0 Å². The van der Waals surface area contributed by atoms with Crippen molar-refractivity contribution in [3.05, 3.63) is 35.4 Å². The zero-order valence-corrected chi connectivity index (χ0v) is 12.5. The zero-order valence-electron chi connectivity index (χ0n) is 11.6. The molecule has 0 aliphatic heterocycles. The molecular weight excluding hydrogens is 311 g/mol. The summed E-state index contributed by atoms with van der Waals surface area (Å²) < 4.78 is 37.3. The largest absolute Gasteiger partial charge is 0.503 e. The second-order valence-corrected chi connectivity index (χ2v) is 4.14. The van der Waals surface area contributed by atoms with E-state index >= 15 is 0 Å². The number of hydrogen-bond acceptors (Lipinski definition) is 2. The molecule has 1 aromatic carbocycles. The van der Waals surface area contributed by atoms with Crippen molar-refractivity contribution >= 4 is 18.6 Å². The van der Waals surface area contributed by atoms with Crippen molar-refractivity contribution < 1.29 is 28.2 Å². The molecule has 0 spiro atoms. The monoisotopic (exact) mass is 329 g/mol. The molecule has 0 amide bonds. The second kappa shape index (κ2) is 10.3. The van der Waals surface area contributed by atoms with Crippen molar-refractivity contribution in [2.75, 3.05) is 6.54 Å². The quantitative estimate of drug-likeness (QED) is 0.783. The summed E-state index contributed by atoms with van der Waals surface area (Å²) in [6, 6.07) is 5.68. The SMILES string of the molecule is CCNC(C)Cc1cccc(C(F)(F)F)c1.Cl.O=C(O)O. The maximum Gasteiger partial charge on any atom is 0.503 e. The Hall–Kier alpha value is -1.47. The second-order valence-electron chi connectivity index (χ2n) is 4.14. The third-order valence-corrected chi connectivity index (χ3v) is 2.35. The van der Waals surface area contributed by atoms with E-state index in [1.54, 1.807) is 6.07 Å². The van der Waals surface area contributed by atoms with Crippen LogP contribution in [0.4, 0.5) is 18.0 Å². The van der Waals surface area contributed by atoms with Crippen molar-refractivity contribution in [1.82, 2.24) is 5.32 Å². The summed E-state index contributed by atoms with van der Waals surface area (Å²) in [6.45, 7) is 4.76. The van der Waals surface area contributed by atoms with Crippen LogP contribution in [0, 0.1) is 0 Å². The summed E-state index contributed by atoms with van der Waals surface area (Å²) in [5, 5.41) is 17.1. The minimum absolute atomic E-state index is 0. The summed E-state index contributed by atoms with van der Waals surface area (Å²) in [7, 11) is 0. The van der Waals surface area contributed by atoms with Gasteiger partial charge < -0.3 is 15.5 Å². The number of rotatable bonds is 4. The maximum absolute atomic E-state index is 12.4. The van der Waals surface area contributed by atoms with E-state index in [1.165, 1.54) is 12.1 Å². The molecular formula is C13H19ClF3NO3. The summed E-state index contributed by atoms with van der Waals surface area (Å²) in [5.41, 5.74) is 0.136. The topological polar surface area (TPSA) is 69.6 Å². The van der Waals surface area contributed by atoms with Gasteiger partial charge in [0.05, 0.1) is 5.56 Å². The first-order valence-corrected chi connectivity index (χ1v) is 5.98. The standard InChI is InChI=1S/C12H16F3N.CH2O3.ClH/c1-3-16-9(2)7-10-5-4-6-11(8-10)12(13,14)15;2-1(3)4;/h4-6,8-9,16H,3,7H2,1-2H3;(H2,2,3,4);1H. The van der Waals surface area contributed by atoms with E-state index in [2.05, 4.69) is 5.32 Å². The Kier molecular flexibility index (Phi) is 10.7. The number of hydrogen-bond donors (Lipinski definition) is 3. The molecule has 3 N–H and O–H groups in total. The summed E-state index contributed by atoms with van der Waals surface area (Å²) in [4.78, 5) is 8.56. The number of carboxylic acid groups (broad SMARTS) is 2. The van der Waals surface area contributed by atoms with Crippen LogP contribution in [-0.2, 0) is 12.6 Å². The van der Waals surface area contributed by atoms with E-state index < -0.39 is 17.9 Å². The van der Waals surface area contributed by atoms with Crippen molar-refractivity contribution in [1.29, 1.82) is 0 Å². The van der Waals surface area contributed by atoms with Gasteiger partial charge in [0, 0.05) is 6.04 Å². The van der Waals surface area contributed by atoms with Crippen LogP contribution in [0.15, 0.2) is 24.3 Å². The number of benzene rings is 1. The predicted octanol–water partition coefficient (Wildman–Crippen LogP) is 3.89. The molecule has 0 fully saturated rings. The lowest BCUT2D eigenvalue weighted by atomic mass is 10.0. The number of alkyl halides is 3. The highest BCUT2D eigenvalue weighted by atomic mass is 35.5. The van der Waals surface area contributed by atoms with Gasteiger partial charge in [-0.2, -0.15) is 13.2 Å². The van der Waals surface area contributed by atoms with E-state index in [1.807, 2.05) is 13.8 Å². The lowest BCUT2D eigenvalue weighted by molar-refractivity contribution is -0.137. The Balaban J connectivity index is 0. The number of halogens is 4. The van der Waals surface area contributed by atoms with Gasteiger partial charge in [0.2, 0.25) is 0 Å². The van der Waals surface area contributed by atoms with Crippen molar-refractivity contribution in [2.45, 2.75) is 32.5 Å². The van der Waals surface area contributed by atoms with Crippen LogP contribution in [0.25, 0.3) is 0 Å². The molecule has 1 aromatic rings. The minimum atomic E-state index is -4.25. The highest BCUT2D eigenvalue weighted by Crippen LogP contribution is 2.29. The van der Waals surface area contributed by atoms with Crippen LogP contribution in [0.5, 0.6) is 0 Å². The molecule has 1 atom stereocenters. The van der Waals surface area contributed by atoms with Gasteiger partial charge in [-0.25, -0.2) is 4.79 Å². The zero-order chi connectivity index (χ0) is 15.8. The van der Waals surface area contributed by atoms with Crippen LogP contribution < -0.4 is 5.32 Å². The fraction of sp³-hybridized carbons (Fsp3) is 0.462. The normalized spacial score (nSPS) is 11.7. The van der Waals surface area contributed by atoms with Gasteiger partial charge in [0.25, 0.3) is 0 Å². The molecule has 0 aliphatic carbocycles. The Bertz CT molecular complexity index is 423. The van der Waals surface area contributed by atoms with Crippen LogP contribution >= 0.6 is 12.4 Å². The molecule has 122 valence electrons. The first-order chi connectivity index (χ1) is 9.16. The molecule has 0 bridgehead atoms. The third-order valence-electron chi connectivity index (χ3n) is 2.35. The highest BCUT2D eigenvalue weighted by molar-refractivity contribution is 5.85. The Morgan fingerprint density at radius 1 is 1.33 bits per heavy atom. The van der Waals surface area contributed by atoms with Crippen molar-refractivity contribution in [2.24, 2.45) is 0 Å². The van der Waals surface area contributed by atoms with Crippen molar-refractivity contribution in [3.63, 3.8) is 0 Å². The van der Waals surface area contributed by atoms with Gasteiger partial charge in [0.1, 0.15) is 0 Å². The minimum Gasteiger partial charge on any atom is -0.450 e. The summed E-state index contributed by atoms with van der Waals surface area (Å²) in [6.07, 6.45) is -5.48. The lowest BCUT2D eigenvalue weighted by Gasteiger charge is -2.13. The summed E-state index contributed by atoms with van der Waals surface area (Å²) in [5.74, 6) is 0. The number of carbonyl (C=O) groups is 1. The van der Waals surface area contributed by atoms with Crippen LogP contribution in [-0.4, -0.2) is 29.0 Å². The van der Waals surface area contributed by atoms with Crippen LogP contribution in [0.2, 0.25) is 0 Å². The number of nitrogens with one attached hydrogen (secondary N) is 1. The lowest BCUT2D eigenvalue weighted by Crippen LogP contribution is -2.27. The number of likely N-dealkylation sites (N-methyl/N-ethyl adjacent to an activating group) is 1. The Morgan fingerprint density at radius 3 is 2.29 bits per heavy atom. The molecule has 0 saturated carbocycles. The van der Waals surface area contributed by atoms with Crippen LogP contribution in [0.3, 0.4) is 0 Å². The van der Waals surface area contributed by atoms with Gasteiger partial charge >= 0.3 is 12.3 Å². The maximum atomic E-state index is 12.4. The van der Waals surface area contributed by atoms with Crippen LogP contribution in [0.1, 0.15) is 25.0 Å². The van der Waals surface area contributed by atoms with E-state index in [9.17, 15) is 13.2 Å². The first kappa shape index (κ1) is 21.8. The molecule has 0 aromatic heterocycles. The smallest absolute Gasteiger partial charge is 0.450 e. The molecule has 21 heavy (non-hydrogen) atoms. The fourth-order valence-electron chi connectivity index (χ4n) is 1.65. The first-order valence-electron chi connectivity index (χ1n) is 5.98. The summed E-state index contributed by atoms with van der Waals surface area (Å²) >= 11 is 0. The molecule has 1 rings (SSSR count). The average Bonchev–Trinajstić information content (AvgIpc) is 2.27. The molecule has 0 saturated heterocycles. The highest BCUT2D eigenvalue weighted by Gasteiger charge is 2.30. The van der Waals surface area contributed by atoms with E-state index in [0.29, 0.717) is 12.0 Å². The van der Waals surface area contributed by atoms with E-state index in [0.717, 1.165) is 12.6 Å². The molecule has 8 heteroatoms. The van der Waals surface area contributed by atoms with E-state index in [4.69, 9.17) is 15.0 Å². The van der Waals surface area contributed by atoms with Gasteiger partial charge in [-0.05, 0) is 31.5 Å². The predicted molar refractivity (Wildman–Crippen MR) is 76.2 cm³/mol. The molecule has 0 heterocycles. The van der Waals surface area contributed by atoms with Gasteiger partial charge in [-0.1, -0.05) is 25.1 Å². The fourth-order valence-corrected chi connectivity index (χ4v) is 1.65. The third kappa shape index (κ3) is 10.9. The van der Waals surface area contributed by atoms with Gasteiger partial charge in [-0.3, -0.25) is 0 Å². The molecule has 1 unspecified atom stereocenters. The van der Waals surface area contributed by atoms with Gasteiger partial charge in [-0.15, -0.1) is 12.4 Å². The molecule has 4 nitrogen and oxygen atoms in total. The molecule has 0 radical (unpaired) electrons. The van der Waals surface area contributed by atoms with E-state index in [-0.39, 0.29) is 18.4 Å². The Labute approximate surface area is 127 Å². The molecule has 0 aliphatic rings. The van der Waals surface area contributed by atoms with Gasteiger partial charge in [0.15, 0.2) is 0 Å². The Morgan fingerprint density at radius 2 is 1.86 bits per heavy atom.